The van der Waals surface area contributed by atoms with E-state index >= 15 is 0 Å². The third-order valence-corrected chi connectivity index (χ3v) is 7.23. The van der Waals surface area contributed by atoms with Crippen molar-refractivity contribution in [2.24, 2.45) is 5.92 Å². The van der Waals surface area contributed by atoms with Gasteiger partial charge < -0.3 is 35.1 Å². The first-order valence-corrected chi connectivity index (χ1v) is 13.0. The average molecular weight is 568 g/mol. The normalized spacial score (nSPS) is 17.8. The van der Waals surface area contributed by atoms with Crippen LogP contribution in [0, 0.1) is 12.8 Å². The molecular weight excluding hydrogens is 534 g/mol. The Bertz CT molecular complexity index is 1600. The minimum atomic E-state index is -0.853. The zero-order valence-electron chi connectivity index (χ0n) is 23.0. The third-order valence-electron chi connectivity index (χ3n) is 7.23. The van der Waals surface area contributed by atoms with Gasteiger partial charge in [0.05, 0.1) is 19.5 Å². The zero-order valence-corrected chi connectivity index (χ0v) is 23.0. The summed E-state index contributed by atoms with van der Waals surface area (Å²) in [5, 5.41) is 28.3. The predicted octanol–water partition coefficient (Wildman–Crippen LogP) is 2.54. The number of carbonyl (C=O) groups excluding carboxylic acids is 1. The molecule has 218 valence electrons. The van der Waals surface area contributed by atoms with Crippen molar-refractivity contribution in [2.75, 3.05) is 19.5 Å². The number of carboxylic acid groups (broad SMARTS) is 1. The van der Waals surface area contributed by atoms with Gasteiger partial charge in [0.15, 0.2) is 11.2 Å². The SMILES string of the molecule is COc1c(C)c2c(c(O)c1C/C=C(\C)CCC(=O)O)C(=O)OC2.Nc1nc2c(ncn2[C@H]2C=C[C@@H](CO)C2)c(=O)[nH]1. The number of H-pyrrole nitrogens is 1. The number of nitrogens with zero attached hydrogens (tertiary/aromatic N) is 3. The number of aliphatic hydroxyl groups excluding tert-OH is 1. The molecule has 6 N–H and O–H groups in total. The fourth-order valence-electron chi connectivity index (χ4n) is 4.99. The number of allylic oxidation sites excluding steroid dienone is 3. The van der Waals surface area contributed by atoms with E-state index in [-0.39, 0.29) is 59.9 Å². The predicted molar refractivity (Wildman–Crippen MR) is 149 cm³/mol. The Morgan fingerprint density at radius 1 is 1.32 bits per heavy atom. The van der Waals surface area contributed by atoms with Gasteiger partial charge in [-0.25, -0.2) is 9.78 Å². The summed E-state index contributed by atoms with van der Waals surface area (Å²) >= 11 is 0. The number of aliphatic hydroxyl groups is 1. The van der Waals surface area contributed by atoms with Crippen molar-refractivity contribution >= 4 is 29.1 Å². The van der Waals surface area contributed by atoms with Crippen LogP contribution in [0.5, 0.6) is 11.5 Å². The molecule has 41 heavy (non-hydrogen) atoms. The molecule has 0 radical (unpaired) electrons. The van der Waals surface area contributed by atoms with E-state index in [9.17, 15) is 19.5 Å². The first kappa shape index (κ1) is 29.3. The van der Waals surface area contributed by atoms with E-state index in [4.69, 9.17) is 25.4 Å². The maximum absolute atomic E-state index is 11.8. The minimum absolute atomic E-state index is 0.0563. The molecule has 13 nitrogen and oxygen atoms in total. The lowest BCUT2D eigenvalue weighted by molar-refractivity contribution is -0.136. The lowest BCUT2D eigenvalue weighted by Gasteiger charge is -2.15. The molecule has 0 spiro atoms. The van der Waals surface area contributed by atoms with E-state index in [1.54, 1.807) is 6.33 Å². The van der Waals surface area contributed by atoms with Gasteiger partial charge >= 0.3 is 11.9 Å². The summed E-state index contributed by atoms with van der Waals surface area (Å²) in [6.45, 7) is 3.91. The number of hydrogen-bond acceptors (Lipinski definition) is 10. The van der Waals surface area contributed by atoms with Crippen LogP contribution in [0.2, 0.25) is 0 Å². The number of phenolic OH excluding ortho intramolecular Hbond substituents is 1. The maximum atomic E-state index is 11.8. The summed E-state index contributed by atoms with van der Waals surface area (Å²) in [5.41, 5.74) is 9.00. The summed E-state index contributed by atoms with van der Waals surface area (Å²) in [6.07, 6.45) is 8.99. The van der Waals surface area contributed by atoms with Crippen molar-refractivity contribution in [3.05, 3.63) is 62.7 Å². The van der Waals surface area contributed by atoms with Gasteiger partial charge in [-0.2, -0.15) is 4.98 Å². The zero-order chi connectivity index (χ0) is 29.8. The van der Waals surface area contributed by atoms with Crippen molar-refractivity contribution in [3.8, 4) is 11.5 Å². The molecule has 1 aromatic carbocycles. The van der Waals surface area contributed by atoms with Crippen molar-refractivity contribution < 1.29 is 34.4 Å². The van der Waals surface area contributed by atoms with E-state index in [1.165, 1.54) is 7.11 Å². The van der Waals surface area contributed by atoms with Crippen LogP contribution in [-0.4, -0.2) is 60.5 Å². The van der Waals surface area contributed by atoms with Crippen LogP contribution < -0.4 is 16.0 Å². The molecule has 3 aromatic rings. The molecule has 5 rings (SSSR count). The summed E-state index contributed by atoms with van der Waals surface area (Å²) in [4.78, 5) is 44.6. The number of hydrogen-bond donors (Lipinski definition) is 5. The van der Waals surface area contributed by atoms with E-state index in [2.05, 4.69) is 15.0 Å². The number of nitrogens with two attached hydrogens (primary N) is 1. The smallest absolute Gasteiger partial charge is 0.342 e. The minimum Gasteiger partial charge on any atom is -0.507 e. The molecule has 3 heterocycles. The number of cyclic esters (lactones) is 1. The molecule has 1 aliphatic carbocycles. The lowest BCUT2D eigenvalue weighted by Crippen LogP contribution is -2.13. The molecule has 0 amide bonds. The highest BCUT2D eigenvalue weighted by atomic mass is 16.5. The molecule has 0 unspecified atom stereocenters. The number of anilines is 1. The number of methoxy groups -OCH3 is 1. The molecule has 0 fully saturated rings. The van der Waals surface area contributed by atoms with Gasteiger partial charge in [0.2, 0.25) is 5.95 Å². The molecule has 0 saturated carbocycles. The summed E-state index contributed by atoms with van der Waals surface area (Å²) in [7, 11) is 1.51. The van der Waals surface area contributed by atoms with Crippen molar-refractivity contribution in [1.29, 1.82) is 0 Å². The van der Waals surface area contributed by atoms with E-state index in [0.29, 0.717) is 35.4 Å². The highest BCUT2D eigenvalue weighted by molar-refractivity contribution is 5.98. The Morgan fingerprint density at radius 2 is 2.07 bits per heavy atom. The molecular formula is C28H33N5O8. The highest BCUT2D eigenvalue weighted by Gasteiger charge is 2.32. The quantitative estimate of drug-likeness (QED) is 0.198. The van der Waals surface area contributed by atoms with Crippen molar-refractivity contribution in [2.45, 2.75) is 52.2 Å². The second-order valence-corrected chi connectivity index (χ2v) is 9.97. The van der Waals surface area contributed by atoms with E-state index < -0.39 is 11.9 Å². The summed E-state index contributed by atoms with van der Waals surface area (Å²) in [5.74, 6) is -0.749. The molecule has 0 saturated heterocycles. The first-order valence-electron chi connectivity index (χ1n) is 13.0. The Morgan fingerprint density at radius 3 is 2.73 bits per heavy atom. The second-order valence-electron chi connectivity index (χ2n) is 9.97. The van der Waals surface area contributed by atoms with Gasteiger partial charge in [0.25, 0.3) is 5.56 Å². The largest absolute Gasteiger partial charge is 0.507 e. The number of aromatic hydroxyl groups is 1. The number of aliphatic carboxylic acids is 1. The standard InChI is InChI=1S/C17H20O6.C11H13N5O2/c1-9(5-7-13(18)19)4-6-11-15(20)14-12(8-23-17(14)21)10(2)16(11)22-3;12-11-14-9-8(10(18)15-11)13-5-16(9)7-2-1-6(3-7)4-17/h4,20H,5-8H2,1-3H3,(H,18,19);1-2,5-7,17H,3-4H2,(H3,12,14,15,18)/b9-4+;/t;6-,7+/m.1/s1. The molecule has 2 atom stereocenters. The van der Waals surface area contributed by atoms with Crippen molar-refractivity contribution in [3.63, 3.8) is 0 Å². The van der Waals surface area contributed by atoms with Crippen LogP contribution in [0.3, 0.4) is 0 Å². The number of benzene rings is 1. The number of aromatic amines is 1. The van der Waals surface area contributed by atoms with Gasteiger partial charge in [-0.1, -0.05) is 23.8 Å². The Labute approximate surface area is 235 Å². The Kier molecular flexibility index (Phi) is 8.77. The number of phenols is 1. The van der Waals surface area contributed by atoms with Crippen LogP contribution in [0.15, 0.2) is 34.9 Å². The monoisotopic (exact) mass is 567 g/mol. The number of imidazole rings is 1. The maximum Gasteiger partial charge on any atom is 0.342 e. The number of aromatic nitrogens is 4. The highest BCUT2D eigenvalue weighted by Crippen LogP contribution is 2.42. The van der Waals surface area contributed by atoms with Crippen LogP contribution in [0.25, 0.3) is 11.2 Å². The second kappa shape index (κ2) is 12.3. The number of nitrogen functional groups attached to an aromatic ring is 1. The van der Waals surface area contributed by atoms with Gasteiger partial charge in [-0.3, -0.25) is 14.6 Å². The molecule has 2 aliphatic rings. The average Bonchev–Trinajstić information content (AvgIpc) is 3.67. The van der Waals surface area contributed by atoms with Crippen LogP contribution in [0.4, 0.5) is 5.95 Å². The summed E-state index contributed by atoms with van der Waals surface area (Å²) < 4.78 is 12.2. The van der Waals surface area contributed by atoms with E-state index in [0.717, 1.165) is 17.6 Å². The van der Waals surface area contributed by atoms with E-state index in [1.807, 2.05) is 36.6 Å². The number of carboxylic acids is 1. The molecule has 13 heteroatoms. The molecule has 2 aromatic heterocycles. The molecule has 1 aliphatic heterocycles. The van der Waals surface area contributed by atoms with Crippen LogP contribution in [-0.2, 0) is 22.6 Å². The number of nitrogens with one attached hydrogen (secondary N) is 1. The van der Waals surface area contributed by atoms with Crippen molar-refractivity contribution in [1.82, 2.24) is 19.5 Å². The van der Waals surface area contributed by atoms with Gasteiger partial charge in [0.1, 0.15) is 23.7 Å². The Hall–Kier alpha value is -4.65. The first-order chi connectivity index (χ1) is 19.5. The number of rotatable bonds is 8. The summed E-state index contributed by atoms with van der Waals surface area (Å²) in [6, 6.07) is 0.0563. The molecule has 0 bridgehead atoms. The number of fused-ring (bicyclic) bond motifs is 2. The Balaban J connectivity index is 0.000000194. The van der Waals surface area contributed by atoms with Crippen LogP contribution in [0.1, 0.15) is 59.3 Å². The van der Waals surface area contributed by atoms with Gasteiger partial charge in [-0.15, -0.1) is 0 Å². The third kappa shape index (κ3) is 6.09. The van der Waals surface area contributed by atoms with Crippen LogP contribution >= 0.6 is 0 Å². The van der Waals surface area contributed by atoms with Gasteiger partial charge in [-0.05, 0) is 38.7 Å². The number of carbonyl (C=O) groups is 2. The fraction of sp³-hybridized carbons (Fsp3) is 0.393. The fourth-order valence-corrected chi connectivity index (χ4v) is 4.99. The topological polar surface area (TPSA) is 203 Å². The lowest BCUT2D eigenvalue weighted by atomic mass is 9.94. The van der Waals surface area contributed by atoms with Gasteiger partial charge in [0, 0.05) is 30.1 Å². The number of ether oxygens (including phenoxy) is 2. The number of esters is 1.